The highest BCUT2D eigenvalue weighted by atomic mass is 32.2. The van der Waals surface area contributed by atoms with Crippen LogP contribution in [0.2, 0.25) is 0 Å². The van der Waals surface area contributed by atoms with Crippen LogP contribution < -0.4 is 0 Å². The second-order valence-corrected chi connectivity index (χ2v) is 8.47. The molecule has 0 aliphatic rings. The molecular weight excluding hydrogens is 382 g/mol. The zero-order valence-electron chi connectivity index (χ0n) is 15.8. The summed E-state index contributed by atoms with van der Waals surface area (Å²) in [6, 6.07) is 13.7. The lowest BCUT2D eigenvalue weighted by Crippen LogP contribution is -2.37. The third-order valence-corrected chi connectivity index (χ3v) is 6.44. The minimum atomic E-state index is -4.17. The second kappa shape index (κ2) is 9.52. The van der Waals surface area contributed by atoms with Gasteiger partial charge in [0.2, 0.25) is 10.0 Å². The van der Waals surface area contributed by atoms with Crippen molar-refractivity contribution in [3.63, 3.8) is 0 Å². The Morgan fingerprint density at radius 1 is 1.11 bits per heavy atom. The average Bonchev–Trinajstić information content (AvgIpc) is 2.69. The summed E-state index contributed by atoms with van der Waals surface area (Å²) in [5.41, 5.74) is 0.262. The van der Waals surface area contributed by atoms with Gasteiger partial charge >= 0.3 is 0 Å². The van der Waals surface area contributed by atoms with Gasteiger partial charge in [-0.05, 0) is 24.0 Å². The molecule has 0 N–H and O–H groups in total. The van der Waals surface area contributed by atoms with Gasteiger partial charge in [-0.1, -0.05) is 61.5 Å². The van der Waals surface area contributed by atoms with Crippen LogP contribution in [0.15, 0.2) is 64.7 Å². The minimum absolute atomic E-state index is 0.0214. The van der Waals surface area contributed by atoms with Crippen molar-refractivity contribution in [3.05, 3.63) is 75.2 Å². The van der Waals surface area contributed by atoms with Crippen LogP contribution >= 0.6 is 0 Å². The van der Waals surface area contributed by atoms with Crippen LogP contribution in [0, 0.1) is 20.9 Å². The largest absolute Gasteiger partial charge is 0.289 e. The van der Waals surface area contributed by atoms with Crippen LogP contribution in [0.5, 0.6) is 0 Å². The Balaban J connectivity index is 2.47. The maximum atomic E-state index is 13.3. The standard InChI is InChI=1S/C19H23N3O5S/c1-3-17(20-23)15(2)13-21(14-16-9-5-4-6-10-16)28(26,27)19-12-8-7-11-18(19)22(24)25/h4-12,15,17H,3,13-14H2,1-2H3. The van der Waals surface area contributed by atoms with E-state index in [1.165, 1.54) is 28.6 Å². The first-order valence-corrected chi connectivity index (χ1v) is 10.3. The van der Waals surface area contributed by atoms with Gasteiger partial charge in [0.1, 0.15) is 0 Å². The van der Waals surface area contributed by atoms with E-state index in [1.54, 1.807) is 38.1 Å². The number of sulfonamides is 1. The van der Waals surface area contributed by atoms with Crippen LogP contribution in [0.4, 0.5) is 5.69 Å². The van der Waals surface area contributed by atoms with Gasteiger partial charge < -0.3 is 0 Å². The molecule has 2 aromatic carbocycles. The monoisotopic (exact) mass is 405 g/mol. The van der Waals surface area contributed by atoms with Gasteiger partial charge in [0.15, 0.2) is 4.90 Å². The highest BCUT2D eigenvalue weighted by Crippen LogP contribution is 2.28. The normalized spacial score (nSPS) is 13.8. The predicted octanol–water partition coefficient (Wildman–Crippen LogP) is 3.97. The summed E-state index contributed by atoms with van der Waals surface area (Å²) in [6.07, 6.45) is 0.482. The van der Waals surface area contributed by atoms with E-state index in [1.807, 2.05) is 6.07 Å². The number of nitrogens with zero attached hydrogens (tertiary/aromatic N) is 3. The van der Waals surface area contributed by atoms with E-state index in [9.17, 15) is 23.4 Å². The Morgan fingerprint density at radius 2 is 1.71 bits per heavy atom. The van der Waals surface area contributed by atoms with Crippen molar-refractivity contribution in [2.24, 2.45) is 11.1 Å². The van der Waals surface area contributed by atoms with Gasteiger partial charge in [-0.3, -0.25) is 10.1 Å². The highest BCUT2D eigenvalue weighted by molar-refractivity contribution is 7.89. The van der Waals surface area contributed by atoms with E-state index in [0.29, 0.717) is 6.42 Å². The molecule has 2 rings (SSSR count). The predicted molar refractivity (Wildman–Crippen MR) is 106 cm³/mol. The smallest absolute Gasteiger partial charge is 0.258 e. The van der Waals surface area contributed by atoms with Crippen molar-refractivity contribution < 1.29 is 13.3 Å². The number of hydrogen-bond donors (Lipinski definition) is 0. The lowest BCUT2D eigenvalue weighted by Gasteiger charge is -2.27. The fourth-order valence-corrected chi connectivity index (χ4v) is 4.71. The van der Waals surface area contributed by atoms with Crippen LogP contribution in [0.25, 0.3) is 0 Å². The van der Waals surface area contributed by atoms with E-state index in [0.717, 1.165) is 5.56 Å². The Labute approximate surface area is 164 Å². The molecule has 0 spiro atoms. The molecule has 28 heavy (non-hydrogen) atoms. The van der Waals surface area contributed by atoms with Crippen LogP contribution in [0.3, 0.4) is 0 Å². The fourth-order valence-electron chi connectivity index (χ4n) is 3.02. The maximum absolute atomic E-state index is 13.3. The van der Waals surface area contributed by atoms with E-state index in [-0.39, 0.29) is 23.9 Å². The van der Waals surface area contributed by atoms with Crippen LogP contribution in [-0.4, -0.2) is 30.2 Å². The Morgan fingerprint density at radius 3 is 2.29 bits per heavy atom. The van der Waals surface area contributed by atoms with Gasteiger partial charge in [-0.2, -0.15) is 9.21 Å². The van der Waals surface area contributed by atoms with E-state index < -0.39 is 26.7 Å². The Bertz CT molecular complexity index is 918. The van der Waals surface area contributed by atoms with E-state index in [2.05, 4.69) is 5.18 Å². The summed E-state index contributed by atoms with van der Waals surface area (Å²) in [4.78, 5) is 21.3. The van der Waals surface area contributed by atoms with E-state index >= 15 is 0 Å². The molecule has 0 aromatic heterocycles. The lowest BCUT2D eigenvalue weighted by molar-refractivity contribution is -0.387. The third-order valence-electron chi connectivity index (χ3n) is 4.58. The number of nitro benzene ring substituents is 1. The molecular formula is C19H23N3O5S. The highest BCUT2D eigenvalue weighted by Gasteiger charge is 2.33. The van der Waals surface area contributed by atoms with Crippen molar-refractivity contribution in [1.82, 2.24) is 4.31 Å². The number of rotatable bonds is 10. The Kier molecular flexibility index (Phi) is 7.36. The molecule has 0 bridgehead atoms. The first-order chi connectivity index (χ1) is 13.3. The molecule has 150 valence electrons. The fraction of sp³-hybridized carbons (Fsp3) is 0.368. The molecule has 0 heterocycles. The average molecular weight is 405 g/mol. The number of nitroso groups, excluding NO2 is 1. The quantitative estimate of drug-likeness (QED) is 0.337. The molecule has 2 unspecified atom stereocenters. The topological polar surface area (TPSA) is 110 Å². The molecule has 2 atom stereocenters. The molecule has 0 saturated heterocycles. The zero-order chi connectivity index (χ0) is 20.7. The second-order valence-electron chi connectivity index (χ2n) is 6.57. The van der Waals surface area contributed by atoms with Crippen molar-refractivity contribution in [3.8, 4) is 0 Å². The summed E-state index contributed by atoms with van der Waals surface area (Å²) in [5, 5.41) is 14.4. The molecule has 2 aromatic rings. The summed E-state index contributed by atoms with van der Waals surface area (Å²) in [6.45, 7) is 3.62. The molecule has 9 heteroatoms. The number of hydrogen-bond acceptors (Lipinski definition) is 6. The summed E-state index contributed by atoms with van der Waals surface area (Å²) in [7, 11) is -4.17. The molecule has 0 fully saturated rings. The third kappa shape index (κ3) is 4.99. The molecule has 0 aliphatic heterocycles. The van der Waals surface area contributed by atoms with Gasteiger partial charge in [0, 0.05) is 19.2 Å². The number of nitro groups is 1. The van der Waals surface area contributed by atoms with Gasteiger partial charge in [0.05, 0.1) is 11.0 Å². The van der Waals surface area contributed by atoms with Gasteiger partial charge in [0.25, 0.3) is 5.69 Å². The van der Waals surface area contributed by atoms with Crippen LogP contribution in [0.1, 0.15) is 25.8 Å². The van der Waals surface area contributed by atoms with Gasteiger partial charge in [-0.25, -0.2) is 8.42 Å². The summed E-state index contributed by atoms with van der Waals surface area (Å²) < 4.78 is 27.8. The lowest BCUT2D eigenvalue weighted by atomic mass is 10.0. The molecule has 0 saturated carbocycles. The molecule has 0 amide bonds. The first-order valence-electron chi connectivity index (χ1n) is 8.91. The molecule has 0 radical (unpaired) electrons. The van der Waals surface area contributed by atoms with E-state index in [4.69, 9.17) is 0 Å². The van der Waals surface area contributed by atoms with Crippen molar-refractivity contribution in [2.45, 2.75) is 37.8 Å². The van der Waals surface area contributed by atoms with Crippen molar-refractivity contribution in [2.75, 3.05) is 6.54 Å². The molecule has 0 aliphatic carbocycles. The maximum Gasteiger partial charge on any atom is 0.289 e. The summed E-state index contributed by atoms with van der Waals surface area (Å²) in [5.74, 6) is -0.344. The minimum Gasteiger partial charge on any atom is -0.258 e. The van der Waals surface area contributed by atoms with Crippen molar-refractivity contribution >= 4 is 15.7 Å². The zero-order valence-corrected chi connectivity index (χ0v) is 16.6. The first kappa shape index (κ1) is 21.6. The van der Waals surface area contributed by atoms with Crippen LogP contribution in [-0.2, 0) is 16.6 Å². The van der Waals surface area contributed by atoms with Gasteiger partial charge in [-0.15, -0.1) is 0 Å². The number of para-hydroxylation sites is 1. The van der Waals surface area contributed by atoms with Crippen molar-refractivity contribution in [1.29, 1.82) is 0 Å². The number of benzene rings is 2. The molecule has 8 nitrogen and oxygen atoms in total. The summed E-state index contributed by atoms with van der Waals surface area (Å²) >= 11 is 0. The Hall–Kier alpha value is -2.65. The SMILES string of the molecule is CCC(N=O)C(C)CN(Cc1ccccc1)S(=O)(=O)c1ccccc1[N+](=O)[O-].